The van der Waals surface area contributed by atoms with Crippen molar-refractivity contribution < 1.29 is 13.9 Å². The molecule has 0 bridgehead atoms. The van der Waals surface area contributed by atoms with Gasteiger partial charge in [0.1, 0.15) is 30.5 Å². The van der Waals surface area contributed by atoms with Crippen molar-refractivity contribution in [1.29, 1.82) is 0 Å². The Morgan fingerprint density at radius 2 is 1.84 bits per heavy atom. The molecule has 100 valence electrons. The minimum Gasteiger partial charge on any atom is -0.490 e. The van der Waals surface area contributed by atoms with Crippen LogP contribution in [-0.4, -0.2) is 13.2 Å². The number of nitrogens with two attached hydrogens (primary N) is 1. The van der Waals surface area contributed by atoms with Crippen LogP contribution < -0.4 is 15.2 Å². The van der Waals surface area contributed by atoms with Gasteiger partial charge in [0.15, 0.2) is 0 Å². The molecule has 0 aliphatic heterocycles. The highest BCUT2D eigenvalue weighted by molar-refractivity contribution is 6.32. The first-order valence-electron chi connectivity index (χ1n) is 5.71. The average Bonchev–Trinajstić information content (AvgIpc) is 2.37. The molecule has 2 N–H and O–H groups in total. The van der Waals surface area contributed by atoms with Gasteiger partial charge in [-0.1, -0.05) is 17.7 Å². The molecule has 0 aromatic heterocycles. The summed E-state index contributed by atoms with van der Waals surface area (Å²) in [6.07, 6.45) is 0. The molecule has 2 aromatic rings. The highest BCUT2D eigenvalue weighted by Crippen LogP contribution is 2.24. The van der Waals surface area contributed by atoms with Crippen molar-refractivity contribution in [2.24, 2.45) is 0 Å². The maximum atomic E-state index is 12.8. The second-order valence-corrected chi connectivity index (χ2v) is 4.25. The Morgan fingerprint density at radius 3 is 2.58 bits per heavy atom. The van der Waals surface area contributed by atoms with Crippen LogP contribution in [0.25, 0.3) is 0 Å². The largest absolute Gasteiger partial charge is 0.490 e. The smallest absolute Gasteiger partial charge is 0.138 e. The number of hydrogen-bond acceptors (Lipinski definition) is 3. The Morgan fingerprint density at radius 1 is 1.05 bits per heavy atom. The van der Waals surface area contributed by atoms with Gasteiger partial charge in [0.05, 0.1) is 5.02 Å². The highest BCUT2D eigenvalue weighted by atomic mass is 35.5. The third-order valence-electron chi connectivity index (χ3n) is 2.36. The second kappa shape index (κ2) is 6.29. The first kappa shape index (κ1) is 13.5. The van der Waals surface area contributed by atoms with Gasteiger partial charge in [0.2, 0.25) is 0 Å². The summed E-state index contributed by atoms with van der Waals surface area (Å²) in [6.45, 7) is 0.650. The molecule has 0 fully saturated rings. The van der Waals surface area contributed by atoms with Crippen LogP contribution >= 0.6 is 11.6 Å². The van der Waals surface area contributed by atoms with Crippen molar-refractivity contribution >= 4 is 17.3 Å². The van der Waals surface area contributed by atoms with Gasteiger partial charge in [-0.2, -0.15) is 0 Å². The van der Waals surface area contributed by atoms with E-state index < -0.39 is 5.82 Å². The molecule has 0 spiro atoms. The van der Waals surface area contributed by atoms with E-state index in [4.69, 9.17) is 26.8 Å². The summed E-state index contributed by atoms with van der Waals surface area (Å²) in [5.74, 6) is 0.710. The average molecular weight is 282 g/mol. The van der Waals surface area contributed by atoms with Crippen LogP contribution in [0.2, 0.25) is 5.02 Å². The topological polar surface area (TPSA) is 44.5 Å². The van der Waals surface area contributed by atoms with Crippen LogP contribution in [0.1, 0.15) is 0 Å². The number of benzene rings is 2. The molecular formula is C14H13ClFNO2. The molecule has 0 radical (unpaired) electrons. The van der Waals surface area contributed by atoms with Crippen molar-refractivity contribution in [3.05, 3.63) is 53.3 Å². The van der Waals surface area contributed by atoms with E-state index in [-0.39, 0.29) is 5.02 Å². The van der Waals surface area contributed by atoms with Gasteiger partial charge in [-0.05, 0) is 30.3 Å². The summed E-state index contributed by atoms with van der Waals surface area (Å²) in [6, 6.07) is 11.1. The molecule has 2 aromatic carbocycles. The fraction of sp³-hybridized carbons (Fsp3) is 0.143. The Labute approximate surface area is 115 Å². The van der Waals surface area contributed by atoms with Crippen LogP contribution in [0.5, 0.6) is 11.5 Å². The molecule has 0 saturated heterocycles. The summed E-state index contributed by atoms with van der Waals surface area (Å²) in [4.78, 5) is 0. The van der Waals surface area contributed by atoms with Gasteiger partial charge in [0, 0.05) is 11.8 Å². The lowest BCUT2D eigenvalue weighted by Crippen LogP contribution is -2.09. The predicted molar refractivity (Wildman–Crippen MR) is 73.3 cm³/mol. The summed E-state index contributed by atoms with van der Waals surface area (Å²) in [7, 11) is 0. The second-order valence-electron chi connectivity index (χ2n) is 3.84. The Kier molecular flexibility index (Phi) is 4.47. The third kappa shape index (κ3) is 4.03. The van der Waals surface area contributed by atoms with Crippen LogP contribution in [0.3, 0.4) is 0 Å². The quantitative estimate of drug-likeness (QED) is 0.674. The first-order chi connectivity index (χ1) is 9.15. The van der Waals surface area contributed by atoms with Crippen LogP contribution in [0, 0.1) is 5.82 Å². The monoisotopic (exact) mass is 281 g/mol. The lowest BCUT2D eigenvalue weighted by molar-refractivity contribution is 0.217. The lowest BCUT2D eigenvalue weighted by Gasteiger charge is -2.09. The van der Waals surface area contributed by atoms with Crippen molar-refractivity contribution in [2.45, 2.75) is 0 Å². The highest BCUT2D eigenvalue weighted by Gasteiger charge is 2.03. The van der Waals surface area contributed by atoms with Crippen LogP contribution in [0.15, 0.2) is 42.5 Å². The zero-order valence-electron chi connectivity index (χ0n) is 10.1. The molecule has 0 unspecified atom stereocenters. The van der Waals surface area contributed by atoms with E-state index in [2.05, 4.69) is 0 Å². The summed E-state index contributed by atoms with van der Waals surface area (Å²) in [5, 5.41) is 0.240. The molecule has 0 saturated carbocycles. The van der Waals surface area contributed by atoms with E-state index in [0.29, 0.717) is 30.4 Å². The molecule has 0 aliphatic carbocycles. The van der Waals surface area contributed by atoms with Gasteiger partial charge in [-0.25, -0.2) is 4.39 Å². The van der Waals surface area contributed by atoms with E-state index >= 15 is 0 Å². The number of halogens is 2. The summed E-state index contributed by atoms with van der Waals surface area (Å²) in [5.41, 5.74) is 6.26. The predicted octanol–water partition coefficient (Wildman–Crippen LogP) is 3.52. The molecule has 0 atom stereocenters. The zero-order valence-corrected chi connectivity index (χ0v) is 10.9. The minimum atomic E-state index is -0.395. The maximum Gasteiger partial charge on any atom is 0.138 e. The van der Waals surface area contributed by atoms with Gasteiger partial charge >= 0.3 is 0 Å². The molecular weight excluding hydrogens is 269 g/mol. The molecule has 3 nitrogen and oxygen atoms in total. The molecule has 0 aliphatic rings. The van der Waals surface area contributed by atoms with Crippen LogP contribution in [-0.2, 0) is 0 Å². The fourth-order valence-corrected chi connectivity index (χ4v) is 1.73. The van der Waals surface area contributed by atoms with E-state index in [9.17, 15) is 4.39 Å². The number of rotatable bonds is 5. The summed E-state index contributed by atoms with van der Waals surface area (Å²) >= 11 is 5.82. The summed E-state index contributed by atoms with van der Waals surface area (Å²) < 4.78 is 23.7. The number of ether oxygens (including phenoxy) is 2. The van der Waals surface area contributed by atoms with Gasteiger partial charge < -0.3 is 15.2 Å². The molecule has 19 heavy (non-hydrogen) atoms. The van der Waals surface area contributed by atoms with Crippen molar-refractivity contribution in [3.63, 3.8) is 0 Å². The normalized spacial score (nSPS) is 10.2. The fourth-order valence-electron chi connectivity index (χ4n) is 1.51. The van der Waals surface area contributed by atoms with E-state index in [1.807, 2.05) is 6.07 Å². The maximum absolute atomic E-state index is 12.8. The Balaban J connectivity index is 1.81. The van der Waals surface area contributed by atoms with Gasteiger partial charge in [-0.15, -0.1) is 0 Å². The molecule has 5 heteroatoms. The lowest BCUT2D eigenvalue weighted by atomic mass is 10.3. The SMILES string of the molecule is Nc1cccc(OCCOc2ccc(F)cc2Cl)c1. The van der Waals surface area contributed by atoms with Crippen molar-refractivity contribution in [2.75, 3.05) is 18.9 Å². The van der Waals surface area contributed by atoms with Gasteiger partial charge in [0.25, 0.3) is 0 Å². The minimum absolute atomic E-state index is 0.240. The van der Waals surface area contributed by atoms with E-state index in [1.165, 1.54) is 18.2 Å². The van der Waals surface area contributed by atoms with E-state index in [0.717, 1.165) is 0 Å². The molecule has 0 heterocycles. The Bertz CT molecular complexity index is 563. The van der Waals surface area contributed by atoms with Crippen molar-refractivity contribution in [3.8, 4) is 11.5 Å². The molecule has 0 amide bonds. The molecule has 2 rings (SSSR count). The first-order valence-corrected chi connectivity index (χ1v) is 6.09. The standard InChI is InChI=1S/C14H13ClFNO2/c15-13-8-10(16)4-5-14(13)19-7-6-18-12-3-1-2-11(17)9-12/h1-5,8-9H,6-7,17H2. The van der Waals surface area contributed by atoms with Crippen molar-refractivity contribution in [1.82, 2.24) is 0 Å². The van der Waals surface area contributed by atoms with E-state index in [1.54, 1.807) is 18.2 Å². The zero-order chi connectivity index (χ0) is 13.7. The third-order valence-corrected chi connectivity index (χ3v) is 2.66. The number of hydrogen-bond donors (Lipinski definition) is 1. The Hall–Kier alpha value is -1.94. The number of nitrogen functional groups attached to an aromatic ring is 1. The van der Waals surface area contributed by atoms with Crippen LogP contribution in [0.4, 0.5) is 10.1 Å². The number of anilines is 1. The van der Waals surface area contributed by atoms with Gasteiger partial charge in [-0.3, -0.25) is 0 Å².